The Balaban J connectivity index is 1.60. The third-order valence-corrected chi connectivity index (χ3v) is 3.77. The quantitative estimate of drug-likeness (QED) is 0.606. The van der Waals surface area contributed by atoms with E-state index in [0.29, 0.717) is 5.56 Å². The molecule has 5 nitrogen and oxygen atoms in total. The summed E-state index contributed by atoms with van der Waals surface area (Å²) in [5.74, 6) is -0.969. The summed E-state index contributed by atoms with van der Waals surface area (Å²) in [7, 11) is 1.95. The normalized spacial score (nSPS) is 33.6. The standard InChI is InChI=1S/C15H19BO5/c1-15(2)20-11-10(19-13(16)12(11)21-15)8-18-14(17)9-6-4-3-5-7-9/h3-7,10-13H,8,16H2,1-2H3/t10-,11?,12?,13-/m1/s1. The van der Waals surface area contributed by atoms with Gasteiger partial charge in [0.25, 0.3) is 0 Å². The number of carbonyl (C=O) groups is 1. The van der Waals surface area contributed by atoms with E-state index < -0.39 is 5.79 Å². The van der Waals surface area contributed by atoms with E-state index in [4.69, 9.17) is 18.9 Å². The minimum atomic E-state index is -0.616. The van der Waals surface area contributed by atoms with Crippen molar-refractivity contribution in [1.29, 1.82) is 0 Å². The molecular formula is C15H19BO5. The van der Waals surface area contributed by atoms with Crippen LogP contribution in [0.15, 0.2) is 30.3 Å². The Labute approximate surface area is 124 Å². The van der Waals surface area contributed by atoms with Crippen LogP contribution in [0.3, 0.4) is 0 Å². The van der Waals surface area contributed by atoms with E-state index in [2.05, 4.69) is 0 Å². The number of carbonyl (C=O) groups excluding carboxylic acids is 1. The second kappa shape index (κ2) is 5.44. The number of benzene rings is 1. The molecule has 0 N–H and O–H groups in total. The first-order chi connectivity index (χ1) is 9.96. The van der Waals surface area contributed by atoms with Crippen molar-refractivity contribution in [2.75, 3.05) is 6.61 Å². The fourth-order valence-electron chi connectivity index (χ4n) is 2.85. The fraction of sp³-hybridized carbons (Fsp3) is 0.533. The Morgan fingerprint density at radius 2 is 1.90 bits per heavy atom. The van der Waals surface area contributed by atoms with Crippen LogP contribution in [0.5, 0.6) is 0 Å². The number of rotatable bonds is 3. The van der Waals surface area contributed by atoms with Crippen molar-refractivity contribution in [3.8, 4) is 0 Å². The van der Waals surface area contributed by atoms with Crippen LogP contribution in [0.25, 0.3) is 0 Å². The summed E-state index contributed by atoms with van der Waals surface area (Å²) in [4.78, 5) is 12.0. The third-order valence-electron chi connectivity index (χ3n) is 3.77. The summed E-state index contributed by atoms with van der Waals surface area (Å²) in [5, 5.41) is 0. The Morgan fingerprint density at radius 1 is 1.24 bits per heavy atom. The Morgan fingerprint density at radius 3 is 2.62 bits per heavy atom. The number of esters is 1. The summed E-state index contributed by atoms with van der Waals surface area (Å²) >= 11 is 0. The summed E-state index contributed by atoms with van der Waals surface area (Å²) in [6, 6.07) is 8.84. The van der Waals surface area contributed by atoms with Crippen LogP contribution in [-0.2, 0) is 18.9 Å². The molecule has 0 bridgehead atoms. The molecule has 1 aromatic rings. The molecule has 6 heteroatoms. The Hall–Kier alpha value is -1.37. The summed E-state index contributed by atoms with van der Waals surface area (Å²) in [5.41, 5.74) is 0.531. The molecule has 112 valence electrons. The van der Waals surface area contributed by atoms with Gasteiger partial charge in [0.15, 0.2) is 5.79 Å². The highest BCUT2D eigenvalue weighted by Gasteiger charge is 2.53. The molecule has 2 saturated heterocycles. The molecule has 2 aliphatic rings. The maximum Gasteiger partial charge on any atom is 0.338 e. The molecule has 2 unspecified atom stereocenters. The summed E-state index contributed by atoms with van der Waals surface area (Å²) in [6.45, 7) is 3.93. The zero-order valence-electron chi connectivity index (χ0n) is 12.4. The molecule has 0 aromatic heterocycles. The van der Waals surface area contributed by atoms with Gasteiger partial charge >= 0.3 is 5.97 Å². The lowest BCUT2D eigenvalue weighted by Gasteiger charge is -2.23. The molecule has 0 spiro atoms. The topological polar surface area (TPSA) is 54.0 Å². The van der Waals surface area contributed by atoms with Crippen molar-refractivity contribution in [3.63, 3.8) is 0 Å². The van der Waals surface area contributed by atoms with Crippen molar-refractivity contribution in [1.82, 2.24) is 0 Å². The number of fused-ring (bicyclic) bond motifs is 1. The average Bonchev–Trinajstić information content (AvgIpc) is 2.92. The van der Waals surface area contributed by atoms with Crippen molar-refractivity contribution < 1.29 is 23.7 Å². The SMILES string of the molecule is B[C@@H]1O[C@H](COC(=O)c2ccccc2)C2OC(C)(C)OC21. The molecule has 3 rings (SSSR count). The lowest BCUT2D eigenvalue weighted by Crippen LogP contribution is -2.33. The zero-order valence-corrected chi connectivity index (χ0v) is 12.4. The van der Waals surface area contributed by atoms with Gasteiger partial charge in [0, 0.05) is 0 Å². The summed E-state index contributed by atoms with van der Waals surface area (Å²) in [6.07, 6.45) is -0.599. The van der Waals surface area contributed by atoms with Crippen LogP contribution in [-0.4, -0.2) is 50.5 Å². The largest absolute Gasteiger partial charge is 0.459 e. The number of hydrogen-bond donors (Lipinski definition) is 0. The predicted octanol–water partition coefficient (Wildman–Crippen LogP) is 0.721. The summed E-state index contributed by atoms with van der Waals surface area (Å²) < 4.78 is 22.8. The second-order valence-electron chi connectivity index (χ2n) is 5.91. The van der Waals surface area contributed by atoms with Gasteiger partial charge in [-0.05, 0) is 26.0 Å². The van der Waals surface area contributed by atoms with Crippen LogP contribution >= 0.6 is 0 Å². The minimum absolute atomic E-state index is 0.0720. The predicted molar refractivity (Wildman–Crippen MR) is 77.8 cm³/mol. The molecular weight excluding hydrogens is 271 g/mol. The average molecular weight is 290 g/mol. The van der Waals surface area contributed by atoms with E-state index in [1.165, 1.54) is 0 Å². The highest BCUT2D eigenvalue weighted by molar-refractivity contribution is 6.11. The smallest absolute Gasteiger partial charge is 0.338 e. The van der Waals surface area contributed by atoms with E-state index in [1.54, 1.807) is 24.3 Å². The van der Waals surface area contributed by atoms with Crippen LogP contribution in [0.2, 0.25) is 0 Å². The van der Waals surface area contributed by atoms with Crippen molar-refractivity contribution >= 4 is 13.8 Å². The van der Waals surface area contributed by atoms with E-state index in [9.17, 15) is 4.79 Å². The molecule has 0 saturated carbocycles. The zero-order chi connectivity index (χ0) is 15.0. The van der Waals surface area contributed by atoms with Gasteiger partial charge < -0.3 is 18.9 Å². The first kappa shape index (κ1) is 14.6. The molecule has 1 aromatic carbocycles. The molecule has 2 heterocycles. The van der Waals surface area contributed by atoms with Gasteiger partial charge in [-0.15, -0.1) is 0 Å². The highest BCUT2D eigenvalue weighted by Crippen LogP contribution is 2.37. The van der Waals surface area contributed by atoms with Crippen LogP contribution in [0, 0.1) is 0 Å². The fourth-order valence-corrected chi connectivity index (χ4v) is 2.85. The molecule has 0 amide bonds. The van der Waals surface area contributed by atoms with Gasteiger partial charge in [0.2, 0.25) is 0 Å². The first-order valence-electron chi connectivity index (χ1n) is 7.19. The number of ether oxygens (including phenoxy) is 4. The van der Waals surface area contributed by atoms with Crippen LogP contribution in [0.1, 0.15) is 24.2 Å². The molecule has 2 aliphatic heterocycles. The minimum Gasteiger partial charge on any atom is -0.459 e. The van der Waals surface area contributed by atoms with Crippen LogP contribution in [0.4, 0.5) is 0 Å². The maximum atomic E-state index is 12.0. The lowest BCUT2D eigenvalue weighted by atomic mass is 9.93. The van der Waals surface area contributed by atoms with E-state index in [-0.39, 0.29) is 36.9 Å². The van der Waals surface area contributed by atoms with Gasteiger partial charge in [-0.2, -0.15) is 0 Å². The first-order valence-corrected chi connectivity index (χ1v) is 7.19. The van der Waals surface area contributed by atoms with Crippen LogP contribution < -0.4 is 0 Å². The molecule has 0 aliphatic carbocycles. The van der Waals surface area contributed by atoms with E-state index in [1.807, 2.05) is 27.8 Å². The molecule has 0 radical (unpaired) electrons. The van der Waals surface area contributed by atoms with Crippen molar-refractivity contribution in [3.05, 3.63) is 35.9 Å². The Kier molecular flexibility index (Phi) is 3.77. The molecule has 2 fully saturated rings. The van der Waals surface area contributed by atoms with Gasteiger partial charge in [0.1, 0.15) is 32.8 Å². The van der Waals surface area contributed by atoms with Crippen molar-refractivity contribution in [2.45, 2.75) is 43.9 Å². The van der Waals surface area contributed by atoms with E-state index >= 15 is 0 Å². The van der Waals surface area contributed by atoms with Gasteiger partial charge in [-0.25, -0.2) is 4.79 Å². The third kappa shape index (κ3) is 2.97. The number of hydrogen-bond acceptors (Lipinski definition) is 5. The van der Waals surface area contributed by atoms with Gasteiger partial charge in [-0.1, -0.05) is 18.2 Å². The highest BCUT2D eigenvalue weighted by atomic mass is 16.8. The lowest BCUT2D eigenvalue weighted by molar-refractivity contribution is -0.182. The Bertz CT molecular complexity index is 518. The maximum absolute atomic E-state index is 12.0. The van der Waals surface area contributed by atoms with Crippen molar-refractivity contribution in [2.24, 2.45) is 0 Å². The van der Waals surface area contributed by atoms with Gasteiger partial charge in [-0.3, -0.25) is 0 Å². The molecule has 4 atom stereocenters. The van der Waals surface area contributed by atoms with E-state index in [0.717, 1.165) is 0 Å². The van der Waals surface area contributed by atoms with Gasteiger partial charge in [0.05, 0.1) is 11.6 Å². The second-order valence-corrected chi connectivity index (χ2v) is 5.91. The monoisotopic (exact) mass is 290 g/mol. The molecule has 21 heavy (non-hydrogen) atoms.